The third-order valence-corrected chi connectivity index (χ3v) is 3.65. The number of benzene rings is 1. The summed E-state index contributed by atoms with van der Waals surface area (Å²) in [6.07, 6.45) is 1.60. The van der Waals surface area contributed by atoms with Gasteiger partial charge in [-0.25, -0.2) is 0 Å². The fourth-order valence-electron chi connectivity index (χ4n) is 2.56. The minimum Gasteiger partial charge on any atom is -0.494 e. The molecule has 0 aliphatic rings. The van der Waals surface area contributed by atoms with Crippen molar-refractivity contribution in [3.8, 4) is 5.75 Å². The van der Waals surface area contributed by atoms with Gasteiger partial charge in [-0.3, -0.25) is 0 Å². The van der Waals surface area contributed by atoms with Crippen molar-refractivity contribution in [3.05, 3.63) is 54.0 Å². The fraction of sp³-hybridized carbons (Fsp3) is 0.444. The summed E-state index contributed by atoms with van der Waals surface area (Å²) in [6, 6.07) is 12.0. The van der Waals surface area contributed by atoms with Crippen molar-refractivity contribution >= 4 is 0 Å². The summed E-state index contributed by atoms with van der Waals surface area (Å²) in [5, 5.41) is 13.6. The molecule has 0 saturated carbocycles. The monoisotopic (exact) mass is 303 g/mol. The van der Waals surface area contributed by atoms with Crippen LogP contribution in [0.25, 0.3) is 0 Å². The first kappa shape index (κ1) is 16.6. The van der Waals surface area contributed by atoms with Crippen LogP contribution in [0.15, 0.2) is 47.1 Å². The van der Waals surface area contributed by atoms with Gasteiger partial charge in [0.1, 0.15) is 17.6 Å². The Kier molecular flexibility index (Phi) is 6.04. The summed E-state index contributed by atoms with van der Waals surface area (Å²) < 4.78 is 10.8. The average Bonchev–Trinajstić information content (AvgIpc) is 3.02. The summed E-state index contributed by atoms with van der Waals surface area (Å²) in [5.74, 6) is 1.50. The number of hydrogen-bond acceptors (Lipinski definition) is 4. The maximum absolute atomic E-state index is 10.1. The Morgan fingerprint density at radius 2 is 2.05 bits per heavy atom. The highest BCUT2D eigenvalue weighted by molar-refractivity contribution is 5.30. The van der Waals surface area contributed by atoms with Gasteiger partial charge in [0.25, 0.3) is 0 Å². The maximum Gasteiger partial charge on any atom is 0.132 e. The second-order valence-corrected chi connectivity index (χ2v) is 5.56. The van der Waals surface area contributed by atoms with E-state index in [1.807, 2.05) is 19.1 Å². The van der Waals surface area contributed by atoms with Crippen molar-refractivity contribution in [3.63, 3.8) is 0 Å². The van der Waals surface area contributed by atoms with Crippen molar-refractivity contribution in [2.45, 2.75) is 45.4 Å². The summed E-state index contributed by atoms with van der Waals surface area (Å²) in [6.45, 7) is 6.82. The molecule has 4 nitrogen and oxygen atoms in total. The molecule has 3 unspecified atom stereocenters. The lowest BCUT2D eigenvalue weighted by Crippen LogP contribution is -2.30. The predicted octanol–water partition coefficient (Wildman–Crippen LogP) is 3.84. The Balaban J connectivity index is 1.90. The molecule has 1 aromatic heterocycles. The maximum atomic E-state index is 10.1. The van der Waals surface area contributed by atoms with E-state index in [0.717, 1.165) is 5.75 Å². The Labute approximate surface area is 132 Å². The molecular weight excluding hydrogens is 278 g/mol. The Morgan fingerprint density at radius 3 is 2.73 bits per heavy atom. The number of rotatable bonds is 8. The van der Waals surface area contributed by atoms with Crippen molar-refractivity contribution in [2.24, 2.45) is 0 Å². The van der Waals surface area contributed by atoms with E-state index in [9.17, 15) is 5.11 Å². The molecule has 1 heterocycles. The molecule has 0 radical (unpaired) electrons. The van der Waals surface area contributed by atoms with E-state index in [0.29, 0.717) is 18.8 Å². The van der Waals surface area contributed by atoms with Crippen LogP contribution in [0, 0.1) is 0 Å². The molecule has 1 aromatic carbocycles. The van der Waals surface area contributed by atoms with Gasteiger partial charge in [0, 0.05) is 12.1 Å². The van der Waals surface area contributed by atoms with Gasteiger partial charge >= 0.3 is 0 Å². The molecule has 0 aliphatic heterocycles. The average molecular weight is 303 g/mol. The third-order valence-electron chi connectivity index (χ3n) is 3.65. The van der Waals surface area contributed by atoms with Crippen molar-refractivity contribution in [2.75, 3.05) is 6.61 Å². The second-order valence-electron chi connectivity index (χ2n) is 5.56. The molecule has 0 saturated heterocycles. The summed E-state index contributed by atoms with van der Waals surface area (Å²) >= 11 is 0. The van der Waals surface area contributed by atoms with E-state index in [1.54, 1.807) is 18.4 Å². The van der Waals surface area contributed by atoms with Crippen LogP contribution in [0.1, 0.15) is 50.7 Å². The molecule has 120 valence electrons. The number of ether oxygens (including phenoxy) is 1. The molecule has 0 spiro atoms. The van der Waals surface area contributed by atoms with Gasteiger partial charge in [-0.2, -0.15) is 0 Å². The molecule has 0 fully saturated rings. The molecule has 22 heavy (non-hydrogen) atoms. The van der Waals surface area contributed by atoms with Crippen LogP contribution in [-0.4, -0.2) is 17.8 Å². The van der Waals surface area contributed by atoms with Crippen molar-refractivity contribution in [1.82, 2.24) is 5.32 Å². The van der Waals surface area contributed by atoms with Gasteiger partial charge in [-0.1, -0.05) is 12.1 Å². The van der Waals surface area contributed by atoms with E-state index >= 15 is 0 Å². The normalized spacial score (nSPS) is 15.3. The minimum atomic E-state index is -0.584. The largest absolute Gasteiger partial charge is 0.494 e. The molecule has 3 atom stereocenters. The van der Waals surface area contributed by atoms with Gasteiger partial charge < -0.3 is 19.6 Å². The zero-order valence-electron chi connectivity index (χ0n) is 13.5. The molecule has 2 aromatic rings. The molecule has 2 rings (SSSR count). The van der Waals surface area contributed by atoms with Gasteiger partial charge in [0.15, 0.2) is 0 Å². The highest BCUT2D eigenvalue weighted by Gasteiger charge is 2.17. The molecule has 0 amide bonds. The van der Waals surface area contributed by atoms with Gasteiger partial charge in [0.2, 0.25) is 0 Å². The molecule has 0 bridgehead atoms. The summed E-state index contributed by atoms with van der Waals surface area (Å²) in [4.78, 5) is 0. The highest BCUT2D eigenvalue weighted by atomic mass is 16.5. The van der Waals surface area contributed by atoms with Crippen molar-refractivity contribution < 1.29 is 14.3 Å². The quantitative estimate of drug-likeness (QED) is 0.778. The minimum absolute atomic E-state index is 0.158. The summed E-state index contributed by atoms with van der Waals surface area (Å²) in [5.41, 5.74) is 1.17. The molecule has 2 N–H and O–H groups in total. The van der Waals surface area contributed by atoms with Crippen molar-refractivity contribution in [1.29, 1.82) is 0 Å². The van der Waals surface area contributed by atoms with E-state index in [-0.39, 0.29) is 12.1 Å². The van der Waals surface area contributed by atoms with Crippen LogP contribution in [0.5, 0.6) is 5.75 Å². The van der Waals surface area contributed by atoms with Crippen LogP contribution in [-0.2, 0) is 0 Å². The fourth-order valence-corrected chi connectivity index (χ4v) is 2.56. The van der Waals surface area contributed by atoms with Crippen LogP contribution >= 0.6 is 0 Å². The Morgan fingerprint density at radius 1 is 1.23 bits per heavy atom. The lowest BCUT2D eigenvalue weighted by molar-refractivity contribution is 0.127. The topological polar surface area (TPSA) is 54.6 Å². The molecule has 0 aliphatic carbocycles. The number of furan rings is 1. The van der Waals surface area contributed by atoms with Crippen LogP contribution in [0.2, 0.25) is 0 Å². The van der Waals surface area contributed by atoms with E-state index < -0.39 is 6.10 Å². The first-order valence-corrected chi connectivity index (χ1v) is 7.80. The van der Waals surface area contributed by atoms with E-state index in [2.05, 4.69) is 31.3 Å². The Hall–Kier alpha value is -1.78. The lowest BCUT2D eigenvalue weighted by Gasteiger charge is -2.22. The molecular formula is C18H25NO3. The smallest absolute Gasteiger partial charge is 0.132 e. The number of aliphatic hydroxyl groups is 1. The van der Waals surface area contributed by atoms with Gasteiger partial charge in [-0.15, -0.1) is 0 Å². The van der Waals surface area contributed by atoms with E-state index in [1.165, 1.54) is 5.56 Å². The Bertz CT molecular complexity index is 553. The zero-order valence-corrected chi connectivity index (χ0v) is 13.5. The van der Waals surface area contributed by atoms with Crippen LogP contribution < -0.4 is 10.1 Å². The van der Waals surface area contributed by atoms with Gasteiger partial charge in [-0.05, 0) is 57.0 Å². The third kappa shape index (κ3) is 4.61. The predicted molar refractivity (Wildman–Crippen MR) is 86.9 cm³/mol. The zero-order chi connectivity index (χ0) is 15.9. The number of aliphatic hydroxyl groups excluding tert-OH is 1. The number of nitrogens with one attached hydrogen (secondary N) is 1. The second kappa shape index (κ2) is 8.01. The highest BCUT2D eigenvalue weighted by Crippen LogP contribution is 2.22. The lowest BCUT2D eigenvalue weighted by atomic mass is 10.0. The van der Waals surface area contributed by atoms with Crippen LogP contribution in [0.4, 0.5) is 0 Å². The summed E-state index contributed by atoms with van der Waals surface area (Å²) in [7, 11) is 0. The SMILES string of the molecule is CCOc1cccc(C(C)NC(C)CC(O)c2ccco2)c1. The standard InChI is InChI=1S/C18H25NO3/c1-4-21-16-8-5-7-15(12-16)14(3)19-13(2)11-17(20)18-9-6-10-22-18/h5-10,12-14,17,19-20H,4,11H2,1-3H3. The molecule has 4 heteroatoms. The van der Waals surface area contributed by atoms with E-state index in [4.69, 9.17) is 9.15 Å². The van der Waals surface area contributed by atoms with Crippen LogP contribution in [0.3, 0.4) is 0 Å². The first-order valence-electron chi connectivity index (χ1n) is 7.80. The first-order chi connectivity index (χ1) is 10.6. The van der Waals surface area contributed by atoms with Gasteiger partial charge in [0.05, 0.1) is 12.9 Å². The number of hydrogen-bond donors (Lipinski definition) is 2.